The van der Waals surface area contributed by atoms with Gasteiger partial charge in [-0.15, -0.1) is 0 Å². The third-order valence-electron chi connectivity index (χ3n) is 4.20. The van der Waals surface area contributed by atoms with Crippen LogP contribution in [0.5, 0.6) is 0 Å². The molecule has 0 saturated heterocycles. The molecular weight excluding hydrogens is 212 g/mol. The van der Waals surface area contributed by atoms with Gasteiger partial charge < -0.3 is 10.1 Å². The third-order valence-corrected chi connectivity index (χ3v) is 4.20. The van der Waals surface area contributed by atoms with Crippen LogP contribution in [0.15, 0.2) is 0 Å². The van der Waals surface area contributed by atoms with Crippen molar-refractivity contribution >= 4 is 0 Å². The van der Waals surface area contributed by atoms with Gasteiger partial charge in [0.1, 0.15) is 0 Å². The SMILES string of the molecule is CCOC1CC(NCC(C)(C)C#N)C1(C)CC. The number of hydrogen-bond donors (Lipinski definition) is 1. The Morgan fingerprint density at radius 1 is 1.47 bits per heavy atom. The molecule has 3 atom stereocenters. The summed E-state index contributed by atoms with van der Waals surface area (Å²) in [6, 6.07) is 2.82. The molecule has 0 aromatic heterocycles. The highest BCUT2D eigenvalue weighted by molar-refractivity contribution is 5.06. The number of hydrogen-bond acceptors (Lipinski definition) is 3. The Labute approximate surface area is 106 Å². The van der Waals surface area contributed by atoms with E-state index in [1.54, 1.807) is 0 Å². The summed E-state index contributed by atoms with van der Waals surface area (Å²) in [4.78, 5) is 0. The van der Waals surface area contributed by atoms with Crippen LogP contribution in [0.25, 0.3) is 0 Å². The summed E-state index contributed by atoms with van der Waals surface area (Å²) in [5, 5.41) is 12.5. The number of rotatable bonds is 6. The van der Waals surface area contributed by atoms with Crippen LogP contribution < -0.4 is 5.32 Å². The minimum atomic E-state index is -0.286. The summed E-state index contributed by atoms with van der Waals surface area (Å²) in [7, 11) is 0. The Kier molecular flexibility index (Phi) is 4.57. The summed E-state index contributed by atoms with van der Waals surface area (Å²) in [5.74, 6) is 0. The molecule has 1 fully saturated rings. The topological polar surface area (TPSA) is 45.0 Å². The minimum Gasteiger partial charge on any atom is -0.378 e. The lowest BCUT2D eigenvalue weighted by atomic mass is 9.61. The highest BCUT2D eigenvalue weighted by Crippen LogP contribution is 2.46. The van der Waals surface area contributed by atoms with Crippen molar-refractivity contribution in [1.29, 1.82) is 5.26 Å². The van der Waals surface area contributed by atoms with E-state index in [4.69, 9.17) is 10.00 Å². The largest absolute Gasteiger partial charge is 0.378 e. The van der Waals surface area contributed by atoms with Crippen LogP contribution in [0, 0.1) is 22.2 Å². The maximum absolute atomic E-state index is 9.01. The molecule has 0 amide bonds. The Bertz CT molecular complexity index is 295. The average molecular weight is 238 g/mol. The molecule has 3 heteroatoms. The van der Waals surface area contributed by atoms with Crippen LogP contribution in [0.4, 0.5) is 0 Å². The van der Waals surface area contributed by atoms with Crippen molar-refractivity contribution in [3.63, 3.8) is 0 Å². The third kappa shape index (κ3) is 3.00. The second-order valence-corrected chi connectivity index (χ2v) is 5.97. The first-order chi connectivity index (χ1) is 7.89. The number of nitrogens with one attached hydrogen (secondary N) is 1. The van der Waals surface area contributed by atoms with E-state index in [-0.39, 0.29) is 10.8 Å². The number of ether oxygens (including phenoxy) is 1. The Balaban J connectivity index is 2.50. The van der Waals surface area contributed by atoms with Gasteiger partial charge in [-0.3, -0.25) is 0 Å². The lowest BCUT2D eigenvalue weighted by molar-refractivity contribution is -0.126. The molecule has 1 aliphatic carbocycles. The van der Waals surface area contributed by atoms with E-state index in [0.29, 0.717) is 12.1 Å². The summed E-state index contributed by atoms with van der Waals surface area (Å²) in [6.07, 6.45) is 2.56. The van der Waals surface area contributed by atoms with Crippen LogP contribution >= 0.6 is 0 Å². The van der Waals surface area contributed by atoms with Gasteiger partial charge in [-0.05, 0) is 33.6 Å². The zero-order valence-corrected chi connectivity index (χ0v) is 11.8. The van der Waals surface area contributed by atoms with Crippen molar-refractivity contribution in [2.75, 3.05) is 13.2 Å². The predicted octanol–water partition coefficient (Wildman–Crippen LogP) is 2.72. The molecule has 0 aromatic carbocycles. The standard InChI is InChI=1S/C14H26N2O/c1-6-14(5)11(8-12(14)17-7-2)16-10-13(3,4)9-15/h11-12,16H,6-8,10H2,1-5H3. The number of nitriles is 1. The first kappa shape index (κ1) is 14.5. The maximum atomic E-state index is 9.01. The molecule has 0 aromatic rings. The van der Waals surface area contributed by atoms with Gasteiger partial charge in [-0.1, -0.05) is 13.8 Å². The fourth-order valence-corrected chi connectivity index (χ4v) is 2.48. The zero-order valence-electron chi connectivity index (χ0n) is 11.8. The smallest absolute Gasteiger partial charge is 0.0697 e. The van der Waals surface area contributed by atoms with Crippen LogP contribution in [-0.2, 0) is 4.74 Å². The first-order valence-corrected chi connectivity index (χ1v) is 6.66. The molecule has 0 aliphatic heterocycles. The van der Waals surface area contributed by atoms with Crippen LogP contribution in [0.2, 0.25) is 0 Å². The van der Waals surface area contributed by atoms with Gasteiger partial charge >= 0.3 is 0 Å². The van der Waals surface area contributed by atoms with Crippen molar-refractivity contribution in [3.8, 4) is 6.07 Å². The fourth-order valence-electron chi connectivity index (χ4n) is 2.48. The molecule has 0 radical (unpaired) electrons. The van der Waals surface area contributed by atoms with E-state index in [1.165, 1.54) is 0 Å². The highest BCUT2D eigenvalue weighted by Gasteiger charge is 2.50. The van der Waals surface area contributed by atoms with Gasteiger partial charge in [0, 0.05) is 24.6 Å². The predicted molar refractivity (Wildman–Crippen MR) is 69.6 cm³/mol. The highest BCUT2D eigenvalue weighted by atomic mass is 16.5. The lowest BCUT2D eigenvalue weighted by Crippen LogP contribution is -2.63. The van der Waals surface area contributed by atoms with Gasteiger partial charge in [-0.2, -0.15) is 5.26 Å². The molecule has 17 heavy (non-hydrogen) atoms. The van der Waals surface area contributed by atoms with Crippen molar-refractivity contribution < 1.29 is 4.74 Å². The second-order valence-electron chi connectivity index (χ2n) is 5.97. The quantitative estimate of drug-likeness (QED) is 0.774. The van der Waals surface area contributed by atoms with Crippen LogP contribution in [0.1, 0.15) is 47.5 Å². The van der Waals surface area contributed by atoms with E-state index in [1.807, 2.05) is 13.8 Å². The Morgan fingerprint density at radius 2 is 2.12 bits per heavy atom. The monoisotopic (exact) mass is 238 g/mol. The van der Waals surface area contributed by atoms with Gasteiger partial charge in [0.15, 0.2) is 0 Å². The van der Waals surface area contributed by atoms with Crippen LogP contribution in [-0.4, -0.2) is 25.3 Å². The zero-order chi connectivity index (χ0) is 13.1. The molecule has 1 rings (SSSR count). The van der Waals surface area contributed by atoms with Gasteiger partial charge in [0.2, 0.25) is 0 Å². The fraction of sp³-hybridized carbons (Fsp3) is 0.929. The van der Waals surface area contributed by atoms with Crippen molar-refractivity contribution in [3.05, 3.63) is 0 Å². The van der Waals surface area contributed by atoms with E-state index in [9.17, 15) is 0 Å². The molecule has 3 unspecified atom stereocenters. The van der Waals surface area contributed by atoms with Crippen molar-refractivity contribution in [1.82, 2.24) is 5.32 Å². The van der Waals surface area contributed by atoms with Crippen LogP contribution in [0.3, 0.4) is 0 Å². The van der Waals surface area contributed by atoms with E-state index < -0.39 is 0 Å². The van der Waals surface area contributed by atoms with E-state index in [0.717, 1.165) is 26.0 Å². The normalized spacial score (nSPS) is 32.9. The average Bonchev–Trinajstić information content (AvgIpc) is 2.31. The lowest BCUT2D eigenvalue weighted by Gasteiger charge is -2.54. The molecule has 1 N–H and O–H groups in total. The first-order valence-electron chi connectivity index (χ1n) is 6.66. The molecule has 3 nitrogen and oxygen atoms in total. The van der Waals surface area contributed by atoms with Gasteiger partial charge in [0.05, 0.1) is 17.6 Å². The molecule has 98 valence electrons. The summed E-state index contributed by atoms with van der Waals surface area (Å²) >= 11 is 0. The van der Waals surface area contributed by atoms with Crippen molar-refractivity contribution in [2.45, 2.75) is 59.6 Å². The molecular formula is C14H26N2O. The Hall–Kier alpha value is -0.590. The summed E-state index contributed by atoms with van der Waals surface area (Å²) in [6.45, 7) is 12.0. The van der Waals surface area contributed by atoms with E-state index >= 15 is 0 Å². The molecule has 1 aliphatic rings. The minimum absolute atomic E-state index is 0.224. The molecule has 1 saturated carbocycles. The number of nitrogens with zero attached hydrogens (tertiary/aromatic N) is 1. The van der Waals surface area contributed by atoms with Crippen molar-refractivity contribution in [2.24, 2.45) is 10.8 Å². The molecule has 0 heterocycles. The van der Waals surface area contributed by atoms with Gasteiger partial charge in [0.25, 0.3) is 0 Å². The Morgan fingerprint density at radius 3 is 2.59 bits per heavy atom. The summed E-state index contributed by atoms with van der Waals surface area (Å²) < 4.78 is 5.77. The van der Waals surface area contributed by atoms with Gasteiger partial charge in [-0.25, -0.2) is 0 Å². The molecule has 0 spiro atoms. The van der Waals surface area contributed by atoms with E-state index in [2.05, 4.69) is 32.2 Å². The molecule has 0 bridgehead atoms. The maximum Gasteiger partial charge on any atom is 0.0697 e. The summed E-state index contributed by atoms with van der Waals surface area (Å²) in [5.41, 5.74) is -0.0626. The second kappa shape index (κ2) is 5.37.